The average Bonchev–Trinajstić information content (AvgIpc) is 2.57. The Bertz CT molecular complexity index is 881. The van der Waals surface area contributed by atoms with Gasteiger partial charge in [0.05, 0.1) is 11.0 Å². The van der Waals surface area contributed by atoms with Crippen molar-refractivity contribution in [3.05, 3.63) is 64.7 Å². The summed E-state index contributed by atoms with van der Waals surface area (Å²) < 4.78 is 56.7. The molecule has 0 radical (unpaired) electrons. The number of rotatable bonds is 7. The number of ether oxygens (including phenoxy) is 1. The van der Waals surface area contributed by atoms with Crippen molar-refractivity contribution >= 4 is 9.84 Å². The predicted molar refractivity (Wildman–Crippen MR) is 96.0 cm³/mol. The van der Waals surface area contributed by atoms with Crippen LogP contribution in [0, 0.1) is 25.5 Å². The molecular weight excluding hydrogens is 362 g/mol. The number of sulfone groups is 1. The maximum Gasteiger partial charge on any atom is 0.159 e. The second-order valence-corrected chi connectivity index (χ2v) is 8.75. The molecule has 0 aromatic heterocycles. The minimum Gasteiger partial charge on any atom is -0.491 e. The molecule has 0 aliphatic rings. The van der Waals surface area contributed by atoms with Crippen molar-refractivity contribution in [3.8, 4) is 5.75 Å². The lowest BCUT2D eigenvalue weighted by atomic mass is 10.1. The molecule has 142 valence electrons. The van der Waals surface area contributed by atoms with Crippen LogP contribution in [0.3, 0.4) is 0 Å². The fourth-order valence-electron chi connectivity index (χ4n) is 2.48. The summed E-state index contributed by atoms with van der Waals surface area (Å²) in [5, 5.41) is 8.99. The molecule has 0 fully saturated rings. The van der Waals surface area contributed by atoms with Gasteiger partial charge < -0.3 is 9.84 Å². The number of halogens is 2. The second-order valence-electron chi connectivity index (χ2n) is 6.38. The molecule has 2 atom stereocenters. The Balaban J connectivity index is 2.03. The third-order valence-corrected chi connectivity index (χ3v) is 6.35. The zero-order valence-electron chi connectivity index (χ0n) is 14.9. The van der Waals surface area contributed by atoms with Crippen LogP contribution in [0.4, 0.5) is 8.78 Å². The highest BCUT2D eigenvalue weighted by atomic mass is 32.2. The van der Waals surface area contributed by atoms with E-state index in [1.54, 1.807) is 6.07 Å². The minimum atomic E-state index is -3.78. The largest absolute Gasteiger partial charge is 0.491 e. The maximum absolute atomic E-state index is 13.3. The molecule has 0 aliphatic heterocycles. The molecule has 0 saturated carbocycles. The lowest BCUT2D eigenvalue weighted by Crippen LogP contribution is -2.29. The lowest BCUT2D eigenvalue weighted by Gasteiger charge is -2.18. The van der Waals surface area contributed by atoms with E-state index in [1.165, 1.54) is 13.0 Å². The molecule has 0 unspecified atom stereocenters. The van der Waals surface area contributed by atoms with E-state index in [9.17, 15) is 22.3 Å². The summed E-state index contributed by atoms with van der Waals surface area (Å²) >= 11 is 0. The summed E-state index contributed by atoms with van der Waals surface area (Å²) in [4.78, 5) is 0. The van der Waals surface area contributed by atoms with Gasteiger partial charge in [0, 0.05) is 0 Å². The monoisotopic (exact) mass is 384 g/mol. The molecule has 0 aliphatic carbocycles. The standard InChI is InChI=1S/C19H22F2O4S/c1-12-4-5-13(2)19(8-12)25-10-16(22)11-26(23,24)14(3)15-6-7-17(20)18(21)9-15/h4-9,14,16,22H,10-11H2,1-3H3/t14-,16-/m1/s1. The molecule has 0 bridgehead atoms. The number of aliphatic hydroxyl groups excluding tert-OH is 1. The molecule has 0 heterocycles. The first-order valence-electron chi connectivity index (χ1n) is 8.15. The van der Waals surface area contributed by atoms with Crippen molar-refractivity contribution in [1.29, 1.82) is 0 Å². The van der Waals surface area contributed by atoms with Crippen molar-refractivity contribution in [1.82, 2.24) is 0 Å². The number of hydrogen-bond donors (Lipinski definition) is 1. The van der Waals surface area contributed by atoms with E-state index in [2.05, 4.69) is 0 Å². The number of aliphatic hydroxyl groups is 1. The lowest BCUT2D eigenvalue weighted by molar-refractivity contribution is 0.124. The van der Waals surface area contributed by atoms with Crippen LogP contribution in [0.5, 0.6) is 5.75 Å². The molecule has 0 saturated heterocycles. The van der Waals surface area contributed by atoms with Gasteiger partial charge in [-0.05, 0) is 55.7 Å². The van der Waals surface area contributed by atoms with Crippen LogP contribution in [-0.4, -0.2) is 32.0 Å². The van der Waals surface area contributed by atoms with Crippen LogP contribution in [0.1, 0.15) is 28.9 Å². The molecule has 2 aromatic carbocycles. The van der Waals surface area contributed by atoms with Crippen LogP contribution in [-0.2, 0) is 9.84 Å². The van der Waals surface area contributed by atoms with Crippen molar-refractivity contribution in [2.24, 2.45) is 0 Å². The SMILES string of the molecule is Cc1ccc(C)c(OC[C@@H](O)CS(=O)(=O)[C@H](C)c2ccc(F)c(F)c2)c1. The average molecular weight is 384 g/mol. The van der Waals surface area contributed by atoms with Crippen LogP contribution in [0.15, 0.2) is 36.4 Å². The van der Waals surface area contributed by atoms with Crippen LogP contribution >= 0.6 is 0 Å². The van der Waals surface area contributed by atoms with Gasteiger partial charge in [-0.1, -0.05) is 18.2 Å². The zero-order valence-corrected chi connectivity index (χ0v) is 15.7. The van der Waals surface area contributed by atoms with E-state index < -0.39 is 38.6 Å². The van der Waals surface area contributed by atoms with Crippen molar-refractivity contribution in [3.63, 3.8) is 0 Å². The van der Waals surface area contributed by atoms with Crippen molar-refractivity contribution < 1.29 is 27.0 Å². The van der Waals surface area contributed by atoms with Crippen LogP contribution in [0.25, 0.3) is 0 Å². The Labute approximate surface area is 152 Å². The third-order valence-electron chi connectivity index (χ3n) is 4.15. The molecule has 26 heavy (non-hydrogen) atoms. The molecule has 2 aromatic rings. The molecule has 2 rings (SSSR count). The summed E-state index contributed by atoms with van der Waals surface area (Å²) in [6.45, 7) is 4.94. The van der Waals surface area contributed by atoms with E-state index in [4.69, 9.17) is 4.74 Å². The second kappa shape index (κ2) is 8.14. The zero-order chi connectivity index (χ0) is 19.5. The maximum atomic E-state index is 13.3. The quantitative estimate of drug-likeness (QED) is 0.794. The van der Waals surface area contributed by atoms with E-state index in [1.807, 2.05) is 26.0 Å². The van der Waals surface area contributed by atoms with E-state index in [-0.39, 0.29) is 12.2 Å². The third kappa shape index (κ3) is 5.02. The summed E-state index contributed by atoms with van der Waals surface area (Å²) in [5.74, 6) is -2.11. The first kappa shape index (κ1) is 20.3. The Hall–Kier alpha value is -1.99. The molecular formula is C19H22F2O4S. The number of benzene rings is 2. The highest BCUT2D eigenvalue weighted by Crippen LogP contribution is 2.25. The topological polar surface area (TPSA) is 63.6 Å². The van der Waals surface area contributed by atoms with E-state index in [0.717, 1.165) is 23.3 Å². The van der Waals surface area contributed by atoms with Crippen molar-refractivity contribution in [2.45, 2.75) is 32.1 Å². The van der Waals surface area contributed by atoms with Gasteiger partial charge in [-0.3, -0.25) is 0 Å². The Kier molecular flexibility index (Phi) is 6.36. The molecule has 4 nitrogen and oxygen atoms in total. The Morgan fingerprint density at radius 3 is 2.42 bits per heavy atom. The Morgan fingerprint density at radius 1 is 1.08 bits per heavy atom. The first-order chi connectivity index (χ1) is 12.1. The highest BCUT2D eigenvalue weighted by Gasteiger charge is 2.27. The van der Waals surface area contributed by atoms with Crippen LogP contribution < -0.4 is 4.74 Å². The summed E-state index contributed by atoms with van der Waals surface area (Å²) in [5.41, 5.74) is 1.99. The number of hydrogen-bond acceptors (Lipinski definition) is 4. The van der Waals surface area contributed by atoms with Crippen LogP contribution in [0.2, 0.25) is 0 Å². The van der Waals surface area contributed by atoms with Gasteiger partial charge in [0.25, 0.3) is 0 Å². The van der Waals surface area contributed by atoms with Gasteiger partial charge in [-0.25, -0.2) is 17.2 Å². The first-order valence-corrected chi connectivity index (χ1v) is 9.86. The minimum absolute atomic E-state index is 0.131. The smallest absolute Gasteiger partial charge is 0.159 e. The summed E-state index contributed by atoms with van der Waals surface area (Å²) in [6.07, 6.45) is -1.24. The fourth-order valence-corrected chi connectivity index (χ4v) is 3.96. The van der Waals surface area contributed by atoms with Crippen molar-refractivity contribution in [2.75, 3.05) is 12.4 Å². The van der Waals surface area contributed by atoms with E-state index >= 15 is 0 Å². The highest BCUT2D eigenvalue weighted by molar-refractivity contribution is 7.91. The molecule has 0 amide bonds. The molecule has 0 spiro atoms. The van der Waals surface area contributed by atoms with Gasteiger partial charge >= 0.3 is 0 Å². The van der Waals surface area contributed by atoms with E-state index in [0.29, 0.717) is 5.75 Å². The summed E-state index contributed by atoms with van der Waals surface area (Å²) in [6, 6.07) is 8.57. The van der Waals surface area contributed by atoms with Gasteiger partial charge in [-0.2, -0.15) is 0 Å². The Morgan fingerprint density at radius 2 is 1.77 bits per heavy atom. The van der Waals surface area contributed by atoms with Gasteiger partial charge in [-0.15, -0.1) is 0 Å². The molecule has 1 N–H and O–H groups in total. The van der Waals surface area contributed by atoms with Gasteiger partial charge in [0.15, 0.2) is 21.5 Å². The predicted octanol–water partition coefficient (Wildman–Crippen LogP) is 3.50. The summed E-state index contributed by atoms with van der Waals surface area (Å²) in [7, 11) is -3.78. The number of aryl methyl sites for hydroxylation is 2. The van der Waals surface area contributed by atoms with Gasteiger partial charge in [0.2, 0.25) is 0 Å². The van der Waals surface area contributed by atoms with Gasteiger partial charge in [0.1, 0.15) is 18.5 Å². The fraction of sp³-hybridized carbons (Fsp3) is 0.368. The molecule has 7 heteroatoms. The normalized spacial score (nSPS) is 14.1.